The number of hydrogen-bond acceptors (Lipinski definition) is 5. The maximum absolute atomic E-state index is 12.2. The Labute approximate surface area is 133 Å². The molecule has 0 radical (unpaired) electrons. The van der Waals surface area contributed by atoms with Crippen LogP contribution < -0.4 is 10.9 Å². The molecule has 1 aromatic heterocycles. The van der Waals surface area contributed by atoms with Crippen LogP contribution in [0.4, 0.5) is 5.69 Å². The van der Waals surface area contributed by atoms with Gasteiger partial charge in [0.1, 0.15) is 5.69 Å². The molecule has 0 saturated carbocycles. The molecule has 1 aromatic carbocycles. The Morgan fingerprint density at radius 3 is 2.65 bits per heavy atom. The van der Waals surface area contributed by atoms with Crippen molar-refractivity contribution in [2.24, 2.45) is 0 Å². The largest absolute Gasteiger partial charge is 0.321 e. The number of aryl methyl sites for hydroxylation is 1. The number of nitrogens with one attached hydrogen (secondary N) is 1. The van der Waals surface area contributed by atoms with Crippen molar-refractivity contribution in [2.45, 2.75) is 24.8 Å². The SMILES string of the molecule is CCCn1nc(C(=O)Nc2cccc(S(C)(=O)=O)c2)ccc1=O. The van der Waals surface area contributed by atoms with Crippen LogP contribution in [0, 0.1) is 0 Å². The zero-order valence-corrected chi connectivity index (χ0v) is 13.6. The Bertz CT molecular complexity index is 888. The number of aromatic nitrogens is 2. The van der Waals surface area contributed by atoms with Gasteiger partial charge in [-0.3, -0.25) is 9.59 Å². The predicted octanol–water partition coefficient (Wildman–Crippen LogP) is 1.31. The van der Waals surface area contributed by atoms with Gasteiger partial charge in [-0.05, 0) is 30.7 Å². The lowest BCUT2D eigenvalue weighted by Gasteiger charge is -2.08. The summed E-state index contributed by atoms with van der Waals surface area (Å²) < 4.78 is 24.3. The number of carbonyl (C=O) groups is 1. The summed E-state index contributed by atoms with van der Waals surface area (Å²) in [5.74, 6) is -0.513. The minimum atomic E-state index is -3.36. The van der Waals surface area contributed by atoms with Gasteiger partial charge in [0.15, 0.2) is 9.84 Å². The first kappa shape index (κ1) is 16.9. The lowest BCUT2D eigenvalue weighted by atomic mass is 10.3. The monoisotopic (exact) mass is 335 g/mol. The van der Waals surface area contributed by atoms with E-state index in [-0.39, 0.29) is 16.1 Å². The third-order valence-electron chi connectivity index (χ3n) is 3.05. The second-order valence-electron chi connectivity index (χ2n) is 5.03. The number of hydrogen-bond donors (Lipinski definition) is 1. The number of sulfone groups is 1. The topological polar surface area (TPSA) is 98.1 Å². The van der Waals surface area contributed by atoms with E-state index >= 15 is 0 Å². The Morgan fingerprint density at radius 2 is 2.00 bits per heavy atom. The predicted molar refractivity (Wildman–Crippen MR) is 86.3 cm³/mol. The smallest absolute Gasteiger partial charge is 0.276 e. The fraction of sp³-hybridized carbons (Fsp3) is 0.267. The molecule has 1 heterocycles. The fourth-order valence-corrected chi connectivity index (χ4v) is 2.61. The van der Waals surface area contributed by atoms with Crippen LogP contribution in [0.3, 0.4) is 0 Å². The van der Waals surface area contributed by atoms with Crippen LogP contribution in [-0.4, -0.2) is 30.4 Å². The number of amides is 1. The highest BCUT2D eigenvalue weighted by Crippen LogP contribution is 2.15. The average molecular weight is 335 g/mol. The van der Waals surface area contributed by atoms with Crippen LogP contribution in [0.25, 0.3) is 0 Å². The molecule has 0 spiro atoms. The summed E-state index contributed by atoms with van der Waals surface area (Å²) in [6, 6.07) is 8.56. The van der Waals surface area contributed by atoms with E-state index in [4.69, 9.17) is 0 Å². The Hall–Kier alpha value is -2.48. The van der Waals surface area contributed by atoms with Gasteiger partial charge < -0.3 is 5.32 Å². The normalized spacial score (nSPS) is 11.2. The standard InChI is InChI=1S/C15H17N3O4S/c1-3-9-18-14(19)8-7-13(17-18)15(20)16-11-5-4-6-12(10-11)23(2,21)22/h4-8,10H,3,9H2,1-2H3,(H,16,20). The van der Waals surface area contributed by atoms with Crippen LogP contribution in [-0.2, 0) is 16.4 Å². The van der Waals surface area contributed by atoms with Crippen LogP contribution in [0.5, 0.6) is 0 Å². The fourth-order valence-electron chi connectivity index (χ4n) is 1.94. The van der Waals surface area contributed by atoms with E-state index < -0.39 is 15.7 Å². The zero-order chi connectivity index (χ0) is 17.0. The van der Waals surface area contributed by atoms with Gasteiger partial charge >= 0.3 is 0 Å². The second-order valence-corrected chi connectivity index (χ2v) is 7.05. The van der Waals surface area contributed by atoms with Crippen molar-refractivity contribution >= 4 is 21.4 Å². The summed E-state index contributed by atoms with van der Waals surface area (Å²) in [4.78, 5) is 23.9. The lowest BCUT2D eigenvalue weighted by Crippen LogP contribution is -2.26. The van der Waals surface area contributed by atoms with E-state index in [0.29, 0.717) is 18.7 Å². The van der Waals surface area contributed by atoms with E-state index in [1.54, 1.807) is 6.07 Å². The van der Waals surface area contributed by atoms with Crippen LogP contribution in [0.1, 0.15) is 23.8 Å². The number of carbonyl (C=O) groups excluding carboxylic acids is 1. The van der Waals surface area contributed by atoms with Crippen molar-refractivity contribution in [2.75, 3.05) is 11.6 Å². The van der Waals surface area contributed by atoms with Gasteiger partial charge in [-0.15, -0.1) is 0 Å². The van der Waals surface area contributed by atoms with Crippen molar-refractivity contribution in [3.05, 3.63) is 52.4 Å². The van der Waals surface area contributed by atoms with Crippen LogP contribution >= 0.6 is 0 Å². The summed E-state index contributed by atoms with van der Waals surface area (Å²) in [6.07, 6.45) is 1.81. The van der Waals surface area contributed by atoms with Crippen LogP contribution in [0.15, 0.2) is 46.1 Å². The molecule has 0 bridgehead atoms. The molecule has 0 fully saturated rings. The molecule has 1 amide bonds. The highest BCUT2D eigenvalue weighted by atomic mass is 32.2. The highest BCUT2D eigenvalue weighted by Gasteiger charge is 2.12. The molecule has 0 saturated heterocycles. The van der Waals surface area contributed by atoms with Gasteiger partial charge in [0.05, 0.1) is 4.90 Å². The molecule has 0 aliphatic rings. The minimum absolute atomic E-state index is 0.0859. The van der Waals surface area contributed by atoms with E-state index in [1.165, 1.54) is 35.0 Å². The lowest BCUT2D eigenvalue weighted by molar-refractivity contribution is 0.101. The molecule has 7 nitrogen and oxygen atoms in total. The molecule has 1 N–H and O–H groups in total. The van der Waals surface area contributed by atoms with Crippen molar-refractivity contribution in [1.29, 1.82) is 0 Å². The van der Waals surface area contributed by atoms with Gasteiger partial charge in [0, 0.05) is 24.6 Å². The third kappa shape index (κ3) is 4.26. The molecule has 2 aromatic rings. The maximum Gasteiger partial charge on any atom is 0.276 e. The van der Waals surface area contributed by atoms with Gasteiger partial charge in [-0.25, -0.2) is 13.1 Å². The molecule has 8 heteroatoms. The first-order chi connectivity index (χ1) is 10.8. The zero-order valence-electron chi connectivity index (χ0n) is 12.8. The van der Waals surface area contributed by atoms with E-state index in [9.17, 15) is 18.0 Å². The van der Waals surface area contributed by atoms with Gasteiger partial charge in [-0.1, -0.05) is 13.0 Å². The third-order valence-corrected chi connectivity index (χ3v) is 4.16. The van der Waals surface area contributed by atoms with Gasteiger partial charge in [0.25, 0.3) is 11.5 Å². The highest BCUT2D eigenvalue weighted by molar-refractivity contribution is 7.90. The minimum Gasteiger partial charge on any atom is -0.321 e. The van der Waals surface area contributed by atoms with Gasteiger partial charge in [0.2, 0.25) is 0 Å². The first-order valence-electron chi connectivity index (χ1n) is 7.01. The summed E-state index contributed by atoms with van der Waals surface area (Å²) in [5.41, 5.74) is 0.151. The first-order valence-corrected chi connectivity index (χ1v) is 8.90. The summed E-state index contributed by atoms with van der Waals surface area (Å²) in [5, 5.41) is 6.58. The summed E-state index contributed by atoms with van der Waals surface area (Å²) in [6.45, 7) is 2.32. The number of nitrogens with zero attached hydrogens (tertiary/aromatic N) is 2. The Morgan fingerprint density at radius 1 is 1.26 bits per heavy atom. The molecular formula is C15H17N3O4S. The molecule has 0 aliphatic carbocycles. The Kier molecular flexibility index (Phi) is 4.95. The van der Waals surface area contributed by atoms with E-state index in [1.807, 2.05) is 6.92 Å². The Balaban J connectivity index is 2.26. The number of anilines is 1. The number of rotatable bonds is 5. The van der Waals surface area contributed by atoms with Crippen LogP contribution in [0.2, 0.25) is 0 Å². The van der Waals surface area contributed by atoms with Crippen molar-refractivity contribution < 1.29 is 13.2 Å². The summed E-state index contributed by atoms with van der Waals surface area (Å²) in [7, 11) is -3.36. The van der Waals surface area contributed by atoms with Crippen molar-refractivity contribution in [3.8, 4) is 0 Å². The molecule has 2 rings (SSSR count). The van der Waals surface area contributed by atoms with E-state index in [0.717, 1.165) is 6.26 Å². The maximum atomic E-state index is 12.2. The summed E-state index contributed by atoms with van der Waals surface area (Å²) >= 11 is 0. The van der Waals surface area contributed by atoms with Gasteiger partial charge in [-0.2, -0.15) is 5.10 Å². The quantitative estimate of drug-likeness (QED) is 0.888. The molecule has 0 aliphatic heterocycles. The van der Waals surface area contributed by atoms with Crippen molar-refractivity contribution in [1.82, 2.24) is 9.78 Å². The molecule has 23 heavy (non-hydrogen) atoms. The molecule has 122 valence electrons. The molecule has 0 unspecified atom stereocenters. The van der Waals surface area contributed by atoms with Crippen molar-refractivity contribution in [3.63, 3.8) is 0 Å². The second kappa shape index (κ2) is 6.74. The molecular weight excluding hydrogens is 318 g/mol. The number of benzene rings is 1. The molecule has 0 atom stereocenters. The average Bonchev–Trinajstić information content (AvgIpc) is 2.49. The van der Waals surface area contributed by atoms with E-state index in [2.05, 4.69) is 10.4 Å².